The number of nitrogens with zero attached hydrogens (tertiary/aromatic N) is 2. The Balaban J connectivity index is 0.00000306. The van der Waals surface area contributed by atoms with Crippen LogP contribution in [0.25, 0.3) is 0 Å². The van der Waals surface area contributed by atoms with Crippen molar-refractivity contribution in [2.75, 3.05) is 31.6 Å². The van der Waals surface area contributed by atoms with Crippen LogP contribution in [-0.4, -0.2) is 55.4 Å². The standard InChI is InChI=1S/C25H29N3O4.ClH/c1-17-8-5-6-14-27(17)15-7-13-26-23(29)18-11-12-19-20(16-18)25(31)28(24(19)30)21-9-3-4-10-22(21)32-2;/h3-4,9-12,16-17H,5-8,13-15H2,1-2H3,(H,26,29);1H. The van der Waals surface area contributed by atoms with Gasteiger partial charge in [-0.1, -0.05) is 18.6 Å². The molecule has 0 spiro atoms. The largest absolute Gasteiger partial charge is 0.495 e. The summed E-state index contributed by atoms with van der Waals surface area (Å²) in [4.78, 5) is 42.1. The first-order valence-electron chi connectivity index (χ1n) is 11.2. The highest BCUT2D eigenvalue weighted by atomic mass is 35.5. The van der Waals surface area contributed by atoms with Gasteiger partial charge in [0, 0.05) is 24.7 Å². The number of imide groups is 1. The number of piperidine rings is 1. The summed E-state index contributed by atoms with van der Waals surface area (Å²) < 4.78 is 5.31. The van der Waals surface area contributed by atoms with Crippen molar-refractivity contribution in [2.24, 2.45) is 0 Å². The molecule has 3 amide bonds. The minimum absolute atomic E-state index is 0. The molecule has 0 bridgehead atoms. The molecule has 33 heavy (non-hydrogen) atoms. The molecule has 2 aromatic carbocycles. The molecule has 0 saturated carbocycles. The van der Waals surface area contributed by atoms with Gasteiger partial charge in [0.2, 0.25) is 0 Å². The molecule has 2 heterocycles. The lowest BCUT2D eigenvalue weighted by molar-refractivity contribution is 0.0922. The van der Waals surface area contributed by atoms with E-state index in [1.807, 2.05) is 0 Å². The average molecular weight is 472 g/mol. The van der Waals surface area contributed by atoms with Gasteiger partial charge < -0.3 is 15.0 Å². The van der Waals surface area contributed by atoms with E-state index in [4.69, 9.17) is 4.74 Å². The molecular weight excluding hydrogens is 442 g/mol. The minimum atomic E-state index is -0.455. The number of hydrogen-bond acceptors (Lipinski definition) is 5. The van der Waals surface area contributed by atoms with E-state index in [1.54, 1.807) is 36.4 Å². The second kappa shape index (κ2) is 10.8. The molecule has 2 aliphatic heterocycles. The molecule has 0 radical (unpaired) electrons. The van der Waals surface area contributed by atoms with E-state index < -0.39 is 11.8 Å². The number of rotatable bonds is 7. The molecule has 8 heteroatoms. The van der Waals surface area contributed by atoms with Gasteiger partial charge in [-0.05, 0) is 63.1 Å². The number of methoxy groups -OCH3 is 1. The Kier molecular flexibility index (Phi) is 8.10. The Morgan fingerprint density at radius 3 is 2.61 bits per heavy atom. The van der Waals surface area contributed by atoms with Crippen molar-refractivity contribution in [1.82, 2.24) is 10.2 Å². The smallest absolute Gasteiger partial charge is 0.266 e. The number of halogens is 1. The maximum absolute atomic E-state index is 13.0. The maximum atomic E-state index is 13.0. The molecule has 2 aromatic rings. The summed E-state index contributed by atoms with van der Waals surface area (Å²) in [6.07, 6.45) is 4.65. The summed E-state index contributed by atoms with van der Waals surface area (Å²) >= 11 is 0. The van der Waals surface area contributed by atoms with Gasteiger partial charge in [0.05, 0.1) is 23.9 Å². The van der Waals surface area contributed by atoms with E-state index in [0.717, 1.165) is 24.4 Å². The van der Waals surface area contributed by atoms with Crippen LogP contribution in [0.15, 0.2) is 42.5 Å². The van der Waals surface area contributed by atoms with Crippen molar-refractivity contribution in [2.45, 2.75) is 38.6 Å². The van der Waals surface area contributed by atoms with E-state index in [9.17, 15) is 14.4 Å². The Labute approximate surface area is 200 Å². The van der Waals surface area contributed by atoms with Crippen LogP contribution in [0.4, 0.5) is 5.69 Å². The molecule has 7 nitrogen and oxygen atoms in total. The number of anilines is 1. The molecule has 4 rings (SSSR count). The molecule has 1 atom stereocenters. The number of nitrogens with one attached hydrogen (secondary N) is 1. The third kappa shape index (κ3) is 5.04. The van der Waals surface area contributed by atoms with Crippen LogP contribution in [0.1, 0.15) is 63.7 Å². The Hall–Kier alpha value is -2.90. The molecule has 1 saturated heterocycles. The van der Waals surface area contributed by atoms with Crippen molar-refractivity contribution >= 4 is 35.8 Å². The number of likely N-dealkylation sites (tertiary alicyclic amines) is 1. The summed E-state index contributed by atoms with van der Waals surface area (Å²) in [5.74, 6) is -0.682. The normalized spacial score (nSPS) is 18.0. The Morgan fingerprint density at radius 1 is 1.09 bits per heavy atom. The van der Waals surface area contributed by atoms with Crippen LogP contribution in [0.3, 0.4) is 0 Å². The molecule has 0 aliphatic carbocycles. The van der Waals surface area contributed by atoms with E-state index in [0.29, 0.717) is 29.6 Å². The zero-order chi connectivity index (χ0) is 22.7. The maximum Gasteiger partial charge on any atom is 0.266 e. The number of amides is 3. The van der Waals surface area contributed by atoms with Gasteiger partial charge in [-0.3, -0.25) is 14.4 Å². The zero-order valence-corrected chi connectivity index (χ0v) is 19.8. The first kappa shape index (κ1) is 24.7. The van der Waals surface area contributed by atoms with Crippen LogP contribution in [-0.2, 0) is 0 Å². The summed E-state index contributed by atoms with van der Waals surface area (Å²) in [6.45, 7) is 4.92. The quantitative estimate of drug-likeness (QED) is 0.489. The fraction of sp³-hybridized carbons (Fsp3) is 0.400. The van der Waals surface area contributed by atoms with E-state index >= 15 is 0 Å². The molecule has 0 aromatic heterocycles. The predicted octanol–water partition coefficient (Wildman–Crippen LogP) is 3.91. The summed E-state index contributed by atoms with van der Waals surface area (Å²) in [5.41, 5.74) is 1.28. The average Bonchev–Trinajstić information content (AvgIpc) is 3.07. The van der Waals surface area contributed by atoms with Crippen molar-refractivity contribution in [1.29, 1.82) is 0 Å². The lowest BCUT2D eigenvalue weighted by Gasteiger charge is -2.33. The first-order valence-corrected chi connectivity index (χ1v) is 11.2. The number of hydrogen-bond donors (Lipinski definition) is 1. The third-order valence-corrected chi connectivity index (χ3v) is 6.32. The van der Waals surface area contributed by atoms with Gasteiger partial charge in [-0.15, -0.1) is 12.4 Å². The molecule has 1 unspecified atom stereocenters. The van der Waals surface area contributed by atoms with E-state index in [2.05, 4.69) is 17.1 Å². The van der Waals surface area contributed by atoms with E-state index in [1.165, 1.54) is 32.4 Å². The molecule has 2 aliphatic rings. The fourth-order valence-electron chi connectivity index (χ4n) is 4.49. The van der Waals surface area contributed by atoms with Crippen LogP contribution in [0.5, 0.6) is 5.75 Å². The fourth-order valence-corrected chi connectivity index (χ4v) is 4.49. The highest BCUT2D eigenvalue weighted by Gasteiger charge is 2.38. The SMILES string of the molecule is COc1ccccc1N1C(=O)c2ccc(C(=O)NCCCN3CCCCC3C)cc2C1=O.Cl. The topological polar surface area (TPSA) is 79.0 Å². The second-order valence-corrected chi connectivity index (χ2v) is 8.37. The van der Waals surface area contributed by atoms with Gasteiger partial charge in [-0.2, -0.15) is 0 Å². The van der Waals surface area contributed by atoms with E-state index in [-0.39, 0.29) is 29.4 Å². The Bertz CT molecular complexity index is 1040. The van der Waals surface area contributed by atoms with Crippen LogP contribution < -0.4 is 15.0 Å². The van der Waals surface area contributed by atoms with Crippen LogP contribution >= 0.6 is 12.4 Å². The molecule has 1 N–H and O–H groups in total. The lowest BCUT2D eigenvalue weighted by Crippen LogP contribution is -2.39. The van der Waals surface area contributed by atoms with Crippen molar-refractivity contribution in [3.05, 3.63) is 59.2 Å². The van der Waals surface area contributed by atoms with Gasteiger partial charge in [-0.25, -0.2) is 4.90 Å². The van der Waals surface area contributed by atoms with Gasteiger partial charge in [0.1, 0.15) is 5.75 Å². The molecule has 176 valence electrons. The number of carbonyl (C=O) groups is 3. The molecular formula is C25H30ClN3O4. The summed E-state index contributed by atoms with van der Waals surface area (Å²) in [6, 6.07) is 12.1. The summed E-state index contributed by atoms with van der Waals surface area (Å²) in [5, 5.41) is 2.94. The number of fused-ring (bicyclic) bond motifs is 1. The van der Waals surface area contributed by atoms with Gasteiger partial charge >= 0.3 is 0 Å². The third-order valence-electron chi connectivity index (χ3n) is 6.32. The zero-order valence-electron chi connectivity index (χ0n) is 19.0. The van der Waals surface area contributed by atoms with Gasteiger partial charge in [0.15, 0.2) is 0 Å². The highest BCUT2D eigenvalue weighted by Crippen LogP contribution is 2.34. The monoisotopic (exact) mass is 471 g/mol. The summed E-state index contributed by atoms with van der Waals surface area (Å²) in [7, 11) is 1.49. The minimum Gasteiger partial charge on any atom is -0.495 e. The lowest BCUT2D eigenvalue weighted by atomic mass is 10.0. The van der Waals surface area contributed by atoms with Crippen molar-refractivity contribution in [3.63, 3.8) is 0 Å². The number of ether oxygens (including phenoxy) is 1. The van der Waals surface area contributed by atoms with Crippen LogP contribution in [0, 0.1) is 0 Å². The van der Waals surface area contributed by atoms with Gasteiger partial charge in [0.25, 0.3) is 17.7 Å². The number of carbonyl (C=O) groups excluding carboxylic acids is 3. The van der Waals surface area contributed by atoms with Crippen molar-refractivity contribution < 1.29 is 19.1 Å². The predicted molar refractivity (Wildman–Crippen MR) is 130 cm³/mol. The van der Waals surface area contributed by atoms with Crippen molar-refractivity contribution in [3.8, 4) is 5.75 Å². The number of para-hydroxylation sites is 2. The Morgan fingerprint density at radius 2 is 1.85 bits per heavy atom. The highest BCUT2D eigenvalue weighted by molar-refractivity contribution is 6.35. The first-order chi connectivity index (χ1) is 15.5. The molecule has 1 fully saturated rings. The number of benzene rings is 2. The van der Waals surface area contributed by atoms with Crippen LogP contribution in [0.2, 0.25) is 0 Å². The second-order valence-electron chi connectivity index (χ2n) is 8.37.